The van der Waals surface area contributed by atoms with Crippen LogP contribution in [-0.2, 0) is 11.3 Å². The third kappa shape index (κ3) is 1.90. The summed E-state index contributed by atoms with van der Waals surface area (Å²) >= 11 is 0. The van der Waals surface area contributed by atoms with E-state index in [1.165, 1.54) is 26.4 Å². The van der Waals surface area contributed by atoms with E-state index in [0.717, 1.165) is 0 Å². The Morgan fingerprint density at radius 1 is 1.43 bits per heavy atom. The molecule has 14 heavy (non-hydrogen) atoms. The van der Waals surface area contributed by atoms with E-state index in [1.54, 1.807) is 0 Å². The highest BCUT2D eigenvalue weighted by Crippen LogP contribution is 2.25. The van der Waals surface area contributed by atoms with E-state index >= 15 is 0 Å². The Kier molecular flexibility index (Phi) is 3.59. The molecule has 0 radical (unpaired) electrons. The molecule has 0 amide bonds. The number of rotatable bonds is 4. The normalized spacial score (nSPS) is 9.93. The summed E-state index contributed by atoms with van der Waals surface area (Å²) in [6, 6.07) is 2.76. The van der Waals surface area contributed by atoms with Crippen LogP contribution in [0, 0.1) is 5.82 Å². The van der Waals surface area contributed by atoms with Gasteiger partial charge in [-0.05, 0) is 6.07 Å². The van der Waals surface area contributed by atoms with Crippen LogP contribution in [0.15, 0.2) is 12.1 Å². The van der Waals surface area contributed by atoms with Gasteiger partial charge in [-0.2, -0.15) is 0 Å². The molecule has 1 rings (SSSR count). The Labute approximate surface area is 81.4 Å². The van der Waals surface area contributed by atoms with Crippen molar-refractivity contribution in [1.29, 1.82) is 0 Å². The molecular formula is C10H11FO3. The third-order valence-corrected chi connectivity index (χ3v) is 1.85. The molecule has 0 fully saturated rings. The number of hydrogen-bond acceptors (Lipinski definition) is 3. The zero-order chi connectivity index (χ0) is 10.6. The van der Waals surface area contributed by atoms with E-state index in [9.17, 15) is 9.18 Å². The molecule has 0 bridgehead atoms. The lowest BCUT2D eigenvalue weighted by molar-refractivity contribution is 0.111. The van der Waals surface area contributed by atoms with E-state index < -0.39 is 5.82 Å². The SMILES string of the molecule is COCc1ccc(F)c(C=O)c1OC. The minimum Gasteiger partial charge on any atom is -0.496 e. The Hall–Kier alpha value is -1.42. The molecule has 0 atom stereocenters. The van der Waals surface area contributed by atoms with Gasteiger partial charge in [0.25, 0.3) is 0 Å². The summed E-state index contributed by atoms with van der Waals surface area (Å²) in [5, 5.41) is 0. The van der Waals surface area contributed by atoms with Crippen molar-refractivity contribution in [2.75, 3.05) is 14.2 Å². The summed E-state index contributed by atoms with van der Waals surface area (Å²) in [4.78, 5) is 10.6. The summed E-state index contributed by atoms with van der Waals surface area (Å²) in [7, 11) is 2.91. The number of ether oxygens (including phenoxy) is 2. The largest absolute Gasteiger partial charge is 0.496 e. The smallest absolute Gasteiger partial charge is 0.156 e. The second-order valence-electron chi connectivity index (χ2n) is 2.70. The molecule has 1 aromatic carbocycles. The van der Waals surface area contributed by atoms with Crippen molar-refractivity contribution in [3.05, 3.63) is 29.1 Å². The molecule has 0 heterocycles. The molecule has 76 valence electrons. The molecule has 0 aromatic heterocycles. The minimum absolute atomic E-state index is 0.0675. The summed E-state index contributed by atoms with van der Waals surface area (Å²) in [6.45, 7) is 0.282. The van der Waals surface area contributed by atoms with Gasteiger partial charge in [-0.3, -0.25) is 4.79 Å². The van der Waals surface area contributed by atoms with Gasteiger partial charge in [0.05, 0.1) is 19.3 Å². The topological polar surface area (TPSA) is 35.5 Å². The quantitative estimate of drug-likeness (QED) is 0.692. The van der Waals surface area contributed by atoms with Gasteiger partial charge in [-0.25, -0.2) is 4.39 Å². The lowest BCUT2D eigenvalue weighted by Crippen LogP contribution is -2.00. The number of halogens is 1. The van der Waals surface area contributed by atoms with Gasteiger partial charge in [0.15, 0.2) is 6.29 Å². The second kappa shape index (κ2) is 4.72. The zero-order valence-electron chi connectivity index (χ0n) is 8.04. The zero-order valence-corrected chi connectivity index (χ0v) is 8.04. The molecule has 0 aliphatic carbocycles. The average Bonchev–Trinajstić information content (AvgIpc) is 2.20. The molecule has 0 N–H and O–H groups in total. The lowest BCUT2D eigenvalue weighted by Gasteiger charge is -2.10. The van der Waals surface area contributed by atoms with Crippen LogP contribution in [0.5, 0.6) is 5.75 Å². The van der Waals surface area contributed by atoms with Gasteiger partial charge < -0.3 is 9.47 Å². The van der Waals surface area contributed by atoms with E-state index in [4.69, 9.17) is 9.47 Å². The predicted octanol–water partition coefficient (Wildman–Crippen LogP) is 1.79. The fourth-order valence-corrected chi connectivity index (χ4v) is 1.24. The van der Waals surface area contributed by atoms with Gasteiger partial charge in [0.2, 0.25) is 0 Å². The van der Waals surface area contributed by atoms with E-state index in [2.05, 4.69) is 0 Å². The first-order chi connectivity index (χ1) is 6.74. The first kappa shape index (κ1) is 10.7. The Bertz CT molecular complexity index is 336. The van der Waals surface area contributed by atoms with Gasteiger partial charge >= 0.3 is 0 Å². The Morgan fingerprint density at radius 2 is 2.14 bits per heavy atom. The van der Waals surface area contributed by atoms with Crippen LogP contribution < -0.4 is 4.74 Å². The van der Waals surface area contributed by atoms with Gasteiger partial charge in [0, 0.05) is 12.7 Å². The van der Waals surface area contributed by atoms with Gasteiger partial charge in [-0.15, -0.1) is 0 Å². The van der Waals surface area contributed by atoms with Crippen molar-refractivity contribution in [2.45, 2.75) is 6.61 Å². The Balaban J connectivity index is 3.25. The molecule has 0 unspecified atom stereocenters. The van der Waals surface area contributed by atoms with E-state index in [1.807, 2.05) is 0 Å². The number of aldehydes is 1. The molecule has 0 aliphatic heterocycles. The first-order valence-electron chi connectivity index (χ1n) is 4.04. The van der Waals surface area contributed by atoms with Crippen LogP contribution in [0.2, 0.25) is 0 Å². The highest BCUT2D eigenvalue weighted by molar-refractivity contribution is 5.80. The van der Waals surface area contributed by atoms with Crippen LogP contribution >= 0.6 is 0 Å². The second-order valence-corrected chi connectivity index (χ2v) is 2.70. The summed E-state index contributed by atoms with van der Waals surface area (Å²) in [5.74, 6) is -0.349. The van der Waals surface area contributed by atoms with Crippen molar-refractivity contribution in [1.82, 2.24) is 0 Å². The van der Waals surface area contributed by atoms with Crippen LogP contribution in [0.4, 0.5) is 4.39 Å². The third-order valence-electron chi connectivity index (χ3n) is 1.85. The van der Waals surface area contributed by atoms with Crippen LogP contribution in [-0.4, -0.2) is 20.5 Å². The van der Waals surface area contributed by atoms with Crippen LogP contribution in [0.25, 0.3) is 0 Å². The lowest BCUT2D eigenvalue weighted by atomic mass is 10.1. The fraction of sp³-hybridized carbons (Fsp3) is 0.300. The van der Waals surface area contributed by atoms with Crippen molar-refractivity contribution >= 4 is 6.29 Å². The highest BCUT2D eigenvalue weighted by atomic mass is 19.1. The number of carbonyl (C=O) groups is 1. The molecule has 1 aromatic rings. The van der Waals surface area contributed by atoms with E-state index in [-0.39, 0.29) is 17.9 Å². The number of methoxy groups -OCH3 is 2. The molecule has 4 heteroatoms. The van der Waals surface area contributed by atoms with Crippen molar-refractivity contribution in [2.24, 2.45) is 0 Å². The predicted molar refractivity (Wildman–Crippen MR) is 49.1 cm³/mol. The molecule has 0 saturated heterocycles. The molecule has 3 nitrogen and oxygen atoms in total. The van der Waals surface area contributed by atoms with Crippen molar-refractivity contribution in [3.8, 4) is 5.75 Å². The summed E-state index contributed by atoms with van der Waals surface area (Å²) in [6.07, 6.45) is 0.438. The fourth-order valence-electron chi connectivity index (χ4n) is 1.24. The van der Waals surface area contributed by atoms with Crippen LogP contribution in [0.3, 0.4) is 0 Å². The highest BCUT2D eigenvalue weighted by Gasteiger charge is 2.13. The summed E-state index contributed by atoms with van der Waals surface area (Å²) in [5.41, 5.74) is 0.584. The monoisotopic (exact) mass is 198 g/mol. The molecule has 0 aliphatic rings. The van der Waals surface area contributed by atoms with Gasteiger partial charge in [-0.1, -0.05) is 6.07 Å². The maximum atomic E-state index is 13.1. The number of carbonyl (C=O) groups excluding carboxylic acids is 1. The molecular weight excluding hydrogens is 187 g/mol. The van der Waals surface area contributed by atoms with Gasteiger partial charge in [0.1, 0.15) is 11.6 Å². The van der Waals surface area contributed by atoms with Crippen molar-refractivity contribution in [3.63, 3.8) is 0 Å². The minimum atomic E-state index is -0.586. The number of benzene rings is 1. The first-order valence-corrected chi connectivity index (χ1v) is 4.04. The maximum Gasteiger partial charge on any atom is 0.156 e. The van der Waals surface area contributed by atoms with Crippen LogP contribution in [0.1, 0.15) is 15.9 Å². The standard InChI is InChI=1S/C10H11FO3/c1-13-6-7-3-4-9(11)8(5-12)10(7)14-2/h3-5H,6H2,1-2H3. The van der Waals surface area contributed by atoms with Crippen molar-refractivity contribution < 1.29 is 18.7 Å². The average molecular weight is 198 g/mol. The molecule has 0 saturated carbocycles. The van der Waals surface area contributed by atoms with E-state index in [0.29, 0.717) is 11.8 Å². The maximum absolute atomic E-state index is 13.1. The Morgan fingerprint density at radius 3 is 2.64 bits per heavy atom. The molecule has 0 spiro atoms. The summed E-state index contributed by atoms with van der Waals surface area (Å²) < 4.78 is 22.9. The number of hydrogen-bond donors (Lipinski definition) is 0.